The van der Waals surface area contributed by atoms with Gasteiger partial charge in [0, 0.05) is 11.8 Å². The van der Waals surface area contributed by atoms with Crippen molar-refractivity contribution in [3.63, 3.8) is 0 Å². The van der Waals surface area contributed by atoms with E-state index < -0.39 is 32.4 Å². The number of nitrogens with one attached hydrogen (secondary N) is 2. The van der Waals surface area contributed by atoms with Crippen LogP contribution in [0.1, 0.15) is 11.1 Å². The van der Waals surface area contributed by atoms with Crippen molar-refractivity contribution in [2.75, 3.05) is 10.1 Å². The van der Waals surface area contributed by atoms with E-state index in [0.717, 1.165) is 24.3 Å². The summed E-state index contributed by atoms with van der Waals surface area (Å²) in [6.07, 6.45) is -3.29. The standard InChI is InChI=1S/C20H15F3N4O4S/c21-20(22,23)15-8-6-14(7-9-15)13-24-25-18-11-10-17(12-19(18)27(28)29)32(30,31)26-16-4-2-1-3-5-16/h1-13,25-26H/b24-13+. The second-order valence-electron chi connectivity index (χ2n) is 6.40. The Kier molecular flexibility index (Phi) is 6.44. The van der Waals surface area contributed by atoms with E-state index in [1.807, 2.05) is 0 Å². The highest BCUT2D eigenvalue weighted by molar-refractivity contribution is 7.92. The first-order valence-electron chi connectivity index (χ1n) is 8.89. The van der Waals surface area contributed by atoms with Crippen LogP contribution in [-0.2, 0) is 16.2 Å². The van der Waals surface area contributed by atoms with Crippen molar-refractivity contribution < 1.29 is 26.5 Å². The molecule has 3 rings (SSSR count). The monoisotopic (exact) mass is 464 g/mol. The number of halogens is 3. The molecule has 0 radical (unpaired) electrons. The minimum atomic E-state index is -4.47. The Hall–Kier alpha value is -3.93. The largest absolute Gasteiger partial charge is 0.416 e. The van der Waals surface area contributed by atoms with Crippen LogP contribution >= 0.6 is 0 Å². The predicted molar refractivity (Wildman–Crippen MR) is 113 cm³/mol. The van der Waals surface area contributed by atoms with Crippen molar-refractivity contribution in [3.05, 3.63) is 94.0 Å². The van der Waals surface area contributed by atoms with Gasteiger partial charge in [-0.05, 0) is 42.0 Å². The number of hydrazone groups is 1. The van der Waals surface area contributed by atoms with Gasteiger partial charge in [0.15, 0.2) is 0 Å². The molecule has 0 atom stereocenters. The van der Waals surface area contributed by atoms with E-state index in [-0.39, 0.29) is 10.6 Å². The molecule has 0 aliphatic carbocycles. The number of nitro benzene ring substituents is 1. The second-order valence-corrected chi connectivity index (χ2v) is 8.08. The third-order valence-corrected chi connectivity index (χ3v) is 5.52. The number of alkyl halides is 3. The van der Waals surface area contributed by atoms with Crippen LogP contribution in [0.5, 0.6) is 0 Å². The number of benzene rings is 3. The normalized spacial score (nSPS) is 12.0. The lowest BCUT2D eigenvalue weighted by atomic mass is 10.1. The predicted octanol–water partition coefficient (Wildman–Crippen LogP) is 4.86. The van der Waals surface area contributed by atoms with Crippen LogP contribution in [0.2, 0.25) is 0 Å². The van der Waals surface area contributed by atoms with Gasteiger partial charge in [0.25, 0.3) is 15.7 Å². The number of sulfonamides is 1. The Labute approximate surface area is 180 Å². The van der Waals surface area contributed by atoms with Crippen LogP contribution in [-0.4, -0.2) is 19.6 Å². The van der Waals surface area contributed by atoms with Crippen molar-refractivity contribution in [2.45, 2.75) is 11.1 Å². The summed E-state index contributed by atoms with van der Waals surface area (Å²) in [6, 6.07) is 15.3. The maximum absolute atomic E-state index is 12.6. The SMILES string of the molecule is O=[N+]([O-])c1cc(S(=O)(=O)Nc2ccccc2)ccc1N/N=C/c1ccc(C(F)(F)F)cc1. The minimum absolute atomic E-state index is 0.100. The fraction of sp³-hybridized carbons (Fsp3) is 0.0500. The summed E-state index contributed by atoms with van der Waals surface area (Å²) in [4.78, 5) is 10.3. The fourth-order valence-corrected chi connectivity index (χ4v) is 3.66. The van der Waals surface area contributed by atoms with Gasteiger partial charge in [-0.3, -0.25) is 20.3 Å². The first-order chi connectivity index (χ1) is 15.1. The van der Waals surface area contributed by atoms with Crippen LogP contribution in [0.25, 0.3) is 0 Å². The molecule has 32 heavy (non-hydrogen) atoms. The van der Waals surface area contributed by atoms with Crippen LogP contribution in [0, 0.1) is 10.1 Å². The maximum Gasteiger partial charge on any atom is 0.416 e. The zero-order valence-corrected chi connectivity index (χ0v) is 16.9. The van der Waals surface area contributed by atoms with Crippen LogP contribution in [0.4, 0.5) is 30.2 Å². The van der Waals surface area contributed by atoms with E-state index in [2.05, 4.69) is 15.2 Å². The van der Waals surface area contributed by atoms with Crippen molar-refractivity contribution >= 4 is 33.3 Å². The van der Waals surface area contributed by atoms with E-state index in [4.69, 9.17) is 0 Å². The van der Waals surface area contributed by atoms with Crippen molar-refractivity contribution in [1.82, 2.24) is 0 Å². The number of nitrogens with zero attached hydrogens (tertiary/aromatic N) is 2. The summed E-state index contributed by atoms with van der Waals surface area (Å²) >= 11 is 0. The Morgan fingerprint density at radius 2 is 1.62 bits per heavy atom. The molecule has 0 amide bonds. The van der Waals surface area contributed by atoms with E-state index in [1.54, 1.807) is 18.2 Å². The van der Waals surface area contributed by atoms with Crippen molar-refractivity contribution in [3.8, 4) is 0 Å². The van der Waals surface area contributed by atoms with E-state index in [9.17, 15) is 31.7 Å². The molecule has 0 saturated carbocycles. The molecular formula is C20H15F3N4O4S. The second kappa shape index (κ2) is 9.06. The summed E-state index contributed by atoms with van der Waals surface area (Å²) in [7, 11) is -4.08. The Balaban J connectivity index is 1.79. The molecule has 0 aromatic heterocycles. The molecule has 0 heterocycles. The molecular weight excluding hydrogens is 449 g/mol. The molecule has 0 aliphatic heterocycles. The smallest absolute Gasteiger partial charge is 0.280 e. The molecule has 0 fully saturated rings. The highest BCUT2D eigenvalue weighted by Gasteiger charge is 2.29. The molecule has 2 N–H and O–H groups in total. The van der Waals surface area contributed by atoms with Crippen molar-refractivity contribution in [1.29, 1.82) is 0 Å². The summed E-state index contributed by atoms with van der Waals surface area (Å²) in [5.41, 5.74) is 1.54. The third-order valence-electron chi connectivity index (χ3n) is 4.14. The molecule has 166 valence electrons. The number of rotatable bonds is 7. The van der Waals surface area contributed by atoms with Gasteiger partial charge in [0.2, 0.25) is 0 Å². The number of hydrogen-bond acceptors (Lipinski definition) is 6. The van der Waals surface area contributed by atoms with E-state index in [0.29, 0.717) is 11.3 Å². The van der Waals surface area contributed by atoms with Gasteiger partial charge in [0.05, 0.1) is 21.6 Å². The molecule has 3 aromatic carbocycles. The van der Waals surface area contributed by atoms with E-state index in [1.165, 1.54) is 36.5 Å². The lowest BCUT2D eigenvalue weighted by Gasteiger charge is -2.09. The molecule has 0 aliphatic rings. The Morgan fingerprint density at radius 1 is 0.969 bits per heavy atom. The van der Waals surface area contributed by atoms with Gasteiger partial charge in [-0.25, -0.2) is 8.42 Å². The average Bonchev–Trinajstić information content (AvgIpc) is 2.74. The highest BCUT2D eigenvalue weighted by Crippen LogP contribution is 2.30. The van der Waals surface area contributed by atoms with E-state index >= 15 is 0 Å². The van der Waals surface area contributed by atoms with Gasteiger partial charge in [-0.2, -0.15) is 18.3 Å². The molecule has 8 nitrogen and oxygen atoms in total. The van der Waals surface area contributed by atoms with Crippen LogP contribution in [0.3, 0.4) is 0 Å². The quantitative estimate of drug-likeness (QED) is 0.295. The number of hydrogen-bond donors (Lipinski definition) is 2. The number of nitro groups is 1. The van der Waals surface area contributed by atoms with Crippen molar-refractivity contribution in [2.24, 2.45) is 5.10 Å². The lowest BCUT2D eigenvalue weighted by Crippen LogP contribution is -2.13. The molecule has 0 spiro atoms. The summed E-state index contributed by atoms with van der Waals surface area (Å²) in [5.74, 6) is 0. The Bertz CT molecular complexity index is 1250. The third kappa shape index (κ3) is 5.60. The first kappa shape index (κ1) is 22.7. The maximum atomic E-state index is 12.6. The molecule has 12 heteroatoms. The molecule has 3 aromatic rings. The first-order valence-corrected chi connectivity index (χ1v) is 10.4. The summed E-state index contributed by atoms with van der Waals surface area (Å²) < 4.78 is 65.1. The van der Waals surface area contributed by atoms with Gasteiger partial charge in [-0.15, -0.1) is 0 Å². The summed E-state index contributed by atoms with van der Waals surface area (Å²) in [6.45, 7) is 0. The topological polar surface area (TPSA) is 114 Å². The highest BCUT2D eigenvalue weighted by atomic mass is 32.2. The minimum Gasteiger partial charge on any atom is -0.280 e. The number of anilines is 2. The zero-order chi connectivity index (χ0) is 23.4. The van der Waals surface area contributed by atoms with Gasteiger partial charge < -0.3 is 0 Å². The molecule has 0 bridgehead atoms. The van der Waals surface area contributed by atoms with Crippen LogP contribution in [0.15, 0.2) is 82.8 Å². The number of para-hydroxylation sites is 1. The van der Waals surface area contributed by atoms with Crippen LogP contribution < -0.4 is 10.1 Å². The zero-order valence-electron chi connectivity index (χ0n) is 16.1. The van der Waals surface area contributed by atoms with Gasteiger partial charge in [0.1, 0.15) is 5.69 Å². The fourth-order valence-electron chi connectivity index (χ4n) is 2.58. The average molecular weight is 464 g/mol. The molecule has 0 saturated heterocycles. The summed E-state index contributed by atoms with van der Waals surface area (Å²) in [5, 5.41) is 15.2. The van der Waals surface area contributed by atoms with Gasteiger partial charge >= 0.3 is 6.18 Å². The lowest BCUT2D eigenvalue weighted by molar-refractivity contribution is -0.384. The molecule has 0 unspecified atom stereocenters. The Morgan fingerprint density at radius 3 is 2.22 bits per heavy atom. The van der Waals surface area contributed by atoms with Gasteiger partial charge in [-0.1, -0.05) is 30.3 Å².